The van der Waals surface area contributed by atoms with Gasteiger partial charge < -0.3 is 10.2 Å². The van der Waals surface area contributed by atoms with Gasteiger partial charge in [0.05, 0.1) is 0 Å². The van der Waals surface area contributed by atoms with E-state index in [9.17, 15) is 29.8 Å². The van der Waals surface area contributed by atoms with Crippen molar-refractivity contribution in [1.29, 1.82) is 0 Å². The third kappa shape index (κ3) is 21.6. The monoisotopic (exact) mass is 490 g/mol. The van der Waals surface area contributed by atoms with Gasteiger partial charge in [0.25, 0.3) is 0 Å². The fourth-order valence-electron chi connectivity index (χ4n) is 3.58. The van der Waals surface area contributed by atoms with E-state index in [2.05, 4.69) is 13.8 Å². The third-order valence-corrected chi connectivity index (χ3v) is 5.74. The van der Waals surface area contributed by atoms with E-state index < -0.39 is 33.9 Å². The van der Waals surface area contributed by atoms with Gasteiger partial charge in [0.2, 0.25) is 0 Å². The number of rotatable bonds is 22. The molecule has 0 aromatic rings. The minimum atomic E-state index is -1.42. The zero-order chi connectivity index (χ0) is 26.2. The highest BCUT2D eigenvalue weighted by molar-refractivity contribution is 5.72. The van der Waals surface area contributed by atoms with Crippen molar-refractivity contribution in [2.75, 3.05) is 0 Å². The number of nitro groups is 2. The molecule has 0 aromatic carbocycles. The predicted octanol–water partition coefficient (Wildman–Crippen LogP) is 6.49. The maximum atomic E-state index is 10.5. The molecule has 0 aliphatic heterocycles. The Labute approximate surface area is 203 Å². The first-order valence-electron chi connectivity index (χ1n) is 12.9. The van der Waals surface area contributed by atoms with Gasteiger partial charge >= 0.3 is 24.0 Å². The summed E-state index contributed by atoms with van der Waals surface area (Å²) in [6.45, 7) is 4.34. The molecule has 0 saturated carbocycles. The van der Waals surface area contributed by atoms with Gasteiger partial charge in [-0.1, -0.05) is 104 Å². The van der Waals surface area contributed by atoms with Crippen molar-refractivity contribution in [3.63, 3.8) is 0 Å². The van der Waals surface area contributed by atoms with Crippen molar-refractivity contribution in [3.05, 3.63) is 20.2 Å². The van der Waals surface area contributed by atoms with Crippen LogP contribution >= 0.6 is 0 Å². The van der Waals surface area contributed by atoms with Crippen LogP contribution in [-0.4, -0.2) is 44.1 Å². The topological polar surface area (TPSA) is 161 Å². The Bertz CT molecular complexity index is 481. The summed E-state index contributed by atoms with van der Waals surface area (Å²) in [7, 11) is 0. The summed E-state index contributed by atoms with van der Waals surface area (Å²) in [5.41, 5.74) is 0. The zero-order valence-electron chi connectivity index (χ0n) is 21.1. The molecule has 0 fully saturated rings. The summed E-state index contributed by atoms with van der Waals surface area (Å²) in [4.78, 5) is 40.5. The second-order valence-electron chi connectivity index (χ2n) is 8.81. The van der Waals surface area contributed by atoms with E-state index in [0.29, 0.717) is 12.8 Å². The molecule has 0 heterocycles. The summed E-state index contributed by atoms with van der Waals surface area (Å²) >= 11 is 0. The maximum absolute atomic E-state index is 10.5. The molecule has 0 amide bonds. The van der Waals surface area contributed by atoms with Gasteiger partial charge in [-0.2, -0.15) is 0 Å². The predicted molar refractivity (Wildman–Crippen MR) is 131 cm³/mol. The number of nitrogens with zero attached hydrogens (tertiary/aromatic N) is 2. The normalized spacial score (nSPS) is 12.3. The number of carbonyl (C=O) groups is 2. The van der Waals surface area contributed by atoms with Gasteiger partial charge in [-0.05, 0) is 12.8 Å². The van der Waals surface area contributed by atoms with Crippen LogP contribution in [0.25, 0.3) is 0 Å². The van der Waals surface area contributed by atoms with Crippen LogP contribution in [0.2, 0.25) is 0 Å². The molecule has 0 spiro atoms. The second-order valence-corrected chi connectivity index (χ2v) is 8.81. The summed E-state index contributed by atoms with van der Waals surface area (Å²) in [5.74, 6) is -2.64. The first-order chi connectivity index (χ1) is 16.2. The molecule has 34 heavy (non-hydrogen) atoms. The fraction of sp³-hybridized carbons (Fsp3) is 0.917. The Hall–Kier alpha value is -2.26. The van der Waals surface area contributed by atoms with Crippen LogP contribution in [0.15, 0.2) is 0 Å². The molecule has 2 N–H and O–H groups in total. The first kappa shape index (κ1) is 33.9. The lowest BCUT2D eigenvalue weighted by Crippen LogP contribution is -2.28. The average molecular weight is 491 g/mol. The smallest absolute Gasteiger partial charge is 0.379 e. The highest BCUT2D eigenvalue weighted by Crippen LogP contribution is 2.13. The largest absolute Gasteiger partial charge is 0.476 e. The molecular formula is C24H46N2O8. The molecule has 10 nitrogen and oxygen atoms in total. The van der Waals surface area contributed by atoms with E-state index in [1.165, 1.54) is 51.4 Å². The number of hydrogen-bond donors (Lipinski definition) is 2. The van der Waals surface area contributed by atoms with Crippen LogP contribution in [0.1, 0.15) is 129 Å². The van der Waals surface area contributed by atoms with Gasteiger partial charge in [-0.15, -0.1) is 0 Å². The van der Waals surface area contributed by atoms with E-state index >= 15 is 0 Å². The van der Waals surface area contributed by atoms with Crippen LogP contribution in [0, 0.1) is 20.2 Å². The van der Waals surface area contributed by atoms with Crippen LogP contribution in [-0.2, 0) is 9.59 Å². The molecule has 0 radical (unpaired) electrons. The fourth-order valence-corrected chi connectivity index (χ4v) is 3.58. The molecule has 0 rings (SSSR count). The summed E-state index contributed by atoms with van der Waals surface area (Å²) < 4.78 is 0. The number of aliphatic carboxylic acids is 2. The SMILES string of the molecule is CCCCCCCCCCC(C(=O)O)[N+](=O)[O-].CCCCCCCCCCC(C(=O)O)[N+](=O)[O-]. The van der Waals surface area contributed by atoms with Crippen LogP contribution in [0.4, 0.5) is 0 Å². The Morgan fingerprint density at radius 1 is 0.559 bits per heavy atom. The Morgan fingerprint density at radius 2 is 0.794 bits per heavy atom. The van der Waals surface area contributed by atoms with Crippen molar-refractivity contribution >= 4 is 11.9 Å². The van der Waals surface area contributed by atoms with Crippen LogP contribution < -0.4 is 0 Å². The lowest BCUT2D eigenvalue weighted by atomic mass is 10.0. The molecular weight excluding hydrogens is 444 g/mol. The molecule has 0 saturated heterocycles. The number of carboxylic acid groups (broad SMARTS) is 2. The number of unbranched alkanes of at least 4 members (excludes halogenated alkanes) is 14. The van der Waals surface area contributed by atoms with Gasteiger partial charge in [0.1, 0.15) is 0 Å². The van der Waals surface area contributed by atoms with Crippen molar-refractivity contribution in [2.24, 2.45) is 0 Å². The molecule has 2 atom stereocenters. The Morgan fingerprint density at radius 3 is 1.00 bits per heavy atom. The van der Waals surface area contributed by atoms with Crippen molar-refractivity contribution in [1.82, 2.24) is 0 Å². The molecule has 0 aromatic heterocycles. The highest BCUT2D eigenvalue weighted by atomic mass is 16.6. The minimum absolute atomic E-state index is 0.150. The highest BCUT2D eigenvalue weighted by Gasteiger charge is 2.28. The number of hydrogen-bond acceptors (Lipinski definition) is 6. The van der Waals surface area contributed by atoms with Gasteiger partial charge in [-0.25, -0.2) is 9.59 Å². The summed E-state index contributed by atoms with van der Waals surface area (Å²) in [6, 6.07) is -2.84. The van der Waals surface area contributed by atoms with Crippen molar-refractivity contribution in [2.45, 2.75) is 142 Å². The summed E-state index contributed by atoms with van der Waals surface area (Å²) in [6.07, 6.45) is 17.7. The average Bonchev–Trinajstić information content (AvgIpc) is 2.76. The third-order valence-electron chi connectivity index (χ3n) is 5.74. The number of carboxylic acids is 2. The first-order valence-corrected chi connectivity index (χ1v) is 12.9. The molecule has 0 aliphatic carbocycles. The molecule has 0 aliphatic rings. The van der Waals surface area contributed by atoms with Crippen molar-refractivity contribution < 1.29 is 29.6 Å². The van der Waals surface area contributed by atoms with E-state index in [4.69, 9.17) is 10.2 Å². The van der Waals surface area contributed by atoms with E-state index in [1.807, 2.05) is 0 Å². The summed E-state index contributed by atoms with van der Waals surface area (Å²) in [5, 5.41) is 38.0. The van der Waals surface area contributed by atoms with Gasteiger partial charge in [-0.3, -0.25) is 20.2 Å². The van der Waals surface area contributed by atoms with E-state index in [1.54, 1.807) is 0 Å². The lowest BCUT2D eigenvalue weighted by Gasteiger charge is -2.04. The maximum Gasteiger partial charge on any atom is 0.379 e. The lowest BCUT2D eigenvalue weighted by molar-refractivity contribution is -0.511. The second kappa shape index (κ2) is 23.9. The van der Waals surface area contributed by atoms with Crippen LogP contribution in [0.5, 0.6) is 0 Å². The molecule has 200 valence electrons. The van der Waals surface area contributed by atoms with Crippen molar-refractivity contribution in [3.8, 4) is 0 Å². The molecule has 2 unspecified atom stereocenters. The zero-order valence-corrected chi connectivity index (χ0v) is 21.1. The van der Waals surface area contributed by atoms with Gasteiger partial charge in [0.15, 0.2) is 0 Å². The minimum Gasteiger partial charge on any atom is -0.476 e. The molecule has 10 heteroatoms. The van der Waals surface area contributed by atoms with Gasteiger partial charge in [0, 0.05) is 22.7 Å². The quantitative estimate of drug-likeness (QED) is 0.0987. The van der Waals surface area contributed by atoms with E-state index in [0.717, 1.165) is 38.5 Å². The standard InChI is InChI=1S/2C12H23NO4/c2*1-2-3-4-5-6-7-8-9-10-11(12(14)15)13(16)17/h2*11H,2-10H2,1H3,(H,14,15). The van der Waals surface area contributed by atoms with E-state index in [-0.39, 0.29) is 12.8 Å². The Balaban J connectivity index is 0. The molecule has 0 bridgehead atoms. The Kier molecular flexibility index (Phi) is 23.8. The van der Waals surface area contributed by atoms with Crippen LogP contribution in [0.3, 0.4) is 0 Å².